The summed E-state index contributed by atoms with van der Waals surface area (Å²) in [4.78, 5) is 2.48. The molecule has 16 heavy (non-hydrogen) atoms. The first-order valence-electron chi connectivity index (χ1n) is 5.50. The molecule has 0 aliphatic heterocycles. The van der Waals surface area contributed by atoms with E-state index in [1.807, 2.05) is 18.7 Å². The monoisotopic (exact) mass is 235 g/mol. The molecule has 0 amide bonds. The fourth-order valence-electron chi connectivity index (χ4n) is 1.74. The third-order valence-corrected chi connectivity index (χ3v) is 3.90. The van der Waals surface area contributed by atoms with Crippen LogP contribution in [0.1, 0.15) is 30.5 Å². The Bertz CT molecular complexity index is 482. The third kappa shape index (κ3) is 2.03. The number of hydrogen-bond donors (Lipinski definition) is 1. The molecular formula is C12H17N3S. The van der Waals surface area contributed by atoms with Crippen molar-refractivity contribution >= 4 is 11.3 Å². The van der Waals surface area contributed by atoms with E-state index in [0.717, 1.165) is 12.1 Å². The van der Waals surface area contributed by atoms with Crippen LogP contribution < -0.4 is 5.73 Å². The quantitative estimate of drug-likeness (QED) is 0.889. The number of rotatable bonds is 3. The number of thiophene rings is 1. The lowest BCUT2D eigenvalue weighted by atomic mass is 10.2. The van der Waals surface area contributed by atoms with Crippen LogP contribution in [0.4, 0.5) is 0 Å². The van der Waals surface area contributed by atoms with Crippen LogP contribution in [-0.2, 0) is 13.5 Å². The maximum absolute atomic E-state index is 5.87. The number of aryl methyl sites for hydroxylation is 2. The summed E-state index contributed by atoms with van der Waals surface area (Å²) in [5.41, 5.74) is 8.26. The average Bonchev–Trinajstić information content (AvgIpc) is 2.82. The Kier molecular flexibility index (Phi) is 3.12. The van der Waals surface area contributed by atoms with Crippen LogP contribution in [-0.4, -0.2) is 9.78 Å². The van der Waals surface area contributed by atoms with Crippen LogP contribution in [0.25, 0.3) is 10.4 Å². The number of nitrogens with two attached hydrogens (primary N) is 1. The molecule has 2 aromatic heterocycles. The number of aromatic nitrogens is 2. The predicted octanol–water partition coefficient (Wildman–Crippen LogP) is 2.73. The van der Waals surface area contributed by atoms with Crippen LogP contribution in [0.15, 0.2) is 18.3 Å². The lowest BCUT2D eigenvalue weighted by molar-refractivity contribution is 0.746. The molecule has 0 fully saturated rings. The molecule has 2 rings (SSSR count). The highest BCUT2D eigenvalue weighted by atomic mass is 32.1. The van der Waals surface area contributed by atoms with Gasteiger partial charge in [0.15, 0.2) is 0 Å². The minimum atomic E-state index is 0.112. The summed E-state index contributed by atoms with van der Waals surface area (Å²) in [5, 5.41) is 4.45. The SMILES string of the molecule is CCc1nn(C)cc1-c1ccc(C(C)N)s1. The van der Waals surface area contributed by atoms with E-state index in [1.54, 1.807) is 11.3 Å². The molecule has 0 saturated carbocycles. The summed E-state index contributed by atoms with van der Waals surface area (Å²) in [6, 6.07) is 4.36. The van der Waals surface area contributed by atoms with Crippen molar-refractivity contribution in [1.29, 1.82) is 0 Å². The van der Waals surface area contributed by atoms with E-state index in [9.17, 15) is 0 Å². The second kappa shape index (κ2) is 4.39. The second-order valence-electron chi connectivity index (χ2n) is 4.01. The van der Waals surface area contributed by atoms with Gasteiger partial charge in [-0.1, -0.05) is 6.92 Å². The van der Waals surface area contributed by atoms with E-state index in [1.165, 1.54) is 15.3 Å². The molecule has 1 unspecified atom stereocenters. The molecular weight excluding hydrogens is 218 g/mol. The van der Waals surface area contributed by atoms with Gasteiger partial charge in [-0.25, -0.2) is 0 Å². The zero-order valence-electron chi connectivity index (χ0n) is 9.90. The number of hydrogen-bond acceptors (Lipinski definition) is 3. The smallest absolute Gasteiger partial charge is 0.0708 e. The van der Waals surface area contributed by atoms with Crippen molar-refractivity contribution < 1.29 is 0 Å². The largest absolute Gasteiger partial charge is 0.324 e. The van der Waals surface area contributed by atoms with Gasteiger partial charge in [0.2, 0.25) is 0 Å². The first-order valence-corrected chi connectivity index (χ1v) is 6.31. The van der Waals surface area contributed by atoms with Gasteiger partial charge in [0.1, 0.15) is 0 Å². The highest BCUT2D eigenvalue weighted by Gasteiger charge is 2.11. The fourth-order valence-corrected chi connectivity index (χ4v) is 2.74. The van der Waals surface area contributed by atoms with Crippen molar-refractivity contribution in [2.75, 3.05) is 0 Å². The van der Waals surface area contributed by atoms with Crippen molar-refractivity contribution in [2.45, 2.75) is 26.3 Å². The summed E-state index contributed by atoms with van der Waals surface area (Å²) < 4.78 is 1.87. The van der Waals surface area contributed by atoms with Crippen LogP contribution >= 0.6 is 11.3 Å². The van der Waals surface area contributed by atoms with E-state index in [4.69, 9.17) is 5.73 Å². The van der Waals surface area contributed by atoms with Crippen molar-refractivity contribution in [3.63, 3.8) is 0 Å². The molecule has 0 spiro atoms. The molecule has 86 valence electrons. The Hall–Kier alpha value is -1.13. The minimum Gasteiger partial charge on any atom is -0.324 e. The lowest BCUT2D eigenvalue weighted by Gasteiger charge is -1.99. The molecule has 2 N–H and O–H groups in total. The molecule has 4 heteroatoms. The molecule has 2 heterocycles. The van der Waals surface area contributed by atoms with Gasteiger partial charge >= 0.3 is 0 Å². The lowest BCUT2D eigenvalue weighted by Crippen LogP contribution is -2.01. The second-order valence-corrected chi connectivity index (χ2v) is 5.12. The van der Waals surface area contributed by atoms with Gasteiger partial charge in [-0.3, -0.25) is 4.68 Å². The molecule has 0 bridgehead atoms. The molecule has 1 atom stereocenters. The fraction of sp³-hybridized carbons (Fsp3) is 0.417. The van der Waals surface area contributed by atoms with E-state index in [0.29, 0.717) is 0 Å². The first kappa shape index (κ1) is 11.4. The predicted molar refractivity (Wildman–Crippen MR) is 68.5 cm³/mol. The molecule has 0 saturated heterocycles. The maximum atomic E-state index is 5.87. The van der Waals surface area contributed by atoms with Gasteiger partial charge in [-0.15, -0.1) is 11.3 Å². The van der Waals surface area contributed by atoms with Gasteiger partial charge in [0, 0.05) is 34.6 Å². The van der Waals surface area contributed by atoms with Crippen LogP contribution in [0.3, 0.4) is 0 Å². The molecule has 3 nitrogen and oxygen atoms in total. The zero-order chi connectivity index (χ0) is 11.7. The van der Waals surface area contributed by atoms with Crippen molar-refractivity contribution in [1.82, 2.24) is 9.78 Å². The first-order chi connectivity index (χ1) is 7.61. The normalized spacial score (nSPS) is 13.0. The van der Waals surface area contributed by atoms with Crippen LogP contribution in [0.2, 0.25) is 0 Å². The Morgan fingerprint density at radius 3 is 2.81 bits per heavy atom. The van der Waals surface area contributed by atoms with Gasteiger partial charge in [0.05, 0.1) is 5.69 Å². The van der Waals surface area contributed by atoms with Crippen LogP contribution in [0, 0.1) is 0 Å². The summed E-state index contributed by atoms with van der Waals surface area (Å²) >= 11 is 1.76. The molecule has 0 aromatic carbocycles. The molecule has 0 aliphatic rings. The standard InChI is InChI=1S/C12H17N3S/c1-4-10-9(7-15(3)14-10)12-6-5-11(16-12)8(2)13/h5-8H,4,13H2,1-3H3. The highest BCUT2D eigenvalue weighted by Crippen LogP contribution is 2.32. The molecule has 0 radical (unpaired) electrons. The van der Waals surface area contributed by atoms with Gasteiger partial charge in [0.25, 0.3) is 0 Å². The van der Waals surface area contributed by atoms with Gasteiger partial charge in [-0.2, -0.15) is 5.10 Å². The summed E-state index contributed by atoms with van der Waals surface area (Å²) in [6.07, 6.45) is 3.04. The topological polar surface area (TPSA) is 43.8 Å². The Morgan fingerprint density at radius 2 is 2.25 bits per heavy atom. The van der Waals surface area contributed by atoms with E-state index in [-0.39, 0.29) is 6.04 Å². The van der Waals surface area contributed by atoms with Crippen molar-refractivity contribution in [3.8, 4) is 10.4 Å². The van der Waals surface area contributed by atoms with Gasteiger partial charge < -0.3 is 5.73 Å². The molecule has 0 aliphatic carbocycles. The third-order valence-electron chi connectivity index (χ3n) is 2.58. The van der Waals surface area contributed by atoms with Crippen molar-refractivity contribution in [3.05, 3.63) is 28.9 Å². The Balaban J connectivity index is 2.41. The highest BCUT2D eigenvalue weighted by molar-refractivity contribution is 7.15. The summed E-state index contributed by atoms with van der Waals surface area (Å²) in [7, 11) is 1.96. The Labute approximate surface area is 99.9 Å². The van der Waals surface area contributed by atoms with E-state index < -0.39 is 0 Å². The molecule has 2 aromatic rings. The summed E-state index contributed by atoms with van der Waals surface area (Å²) in [5.74, 6) is 0. The number of nitrogens with zero attached hydrogens (tertiary/aromatic N) is 2. The van der Waals surface area contributed by atoms with E-state index >= 15 is 0 Å². The van der Waals surface area contributed by atoms with E-state index in [2.05, 4.69) is 30.4 Å². The summed E-state index contributed by atoms with van der Waals surface area (Å²) in [6.45, 7) is 4.14. The van der Waals surface area contributed by atoms with Crippen LogP contribution in [0.5, 0.6) is 0 Å². The maximum Gasteiger partial charge on any atom is 0.0708 e. The van der Waals surface area contributed by atoms with Crippen molar-refractivity contribution in [2.24, 2.45) is 12.8 Å². The zero-order valence-corrected chi connectivity index (χ0v) is 10.7. The minimum absolute atomic E-state index is 0.112. The Morgan fingerprint density at radius 1 is 1.50 bits per heavy atom. The average molecular weight is 235 g/mol. The van der Waals surface area contributed by atoms with Gasteiger partial charge in [-0.05, 0) is 25.5 Å².